The molecule has 158 valence electrons. The first-order valence-electron chi connectivity index (χ1n) is 9.40. The van der Waals surface area contributed by atoms with Crippen LogP contribution in [0.4, 0.5) is 5.13 Å². The number of amides is 1. The standard InChI is InChI=1S/C23H17Cl3N2O2S/c1-14-17(25)8-10-20-22(14)27-23(31-20)28(12-15-5-3-2-4-6-15)21(29)13-30-19-9-7-16(24)11-18(19)26/h2-11H,12-13H2,1H3. The molecule has 1 amide bonds. The van der Waals surface area contributed by atoms with Gasteiger partial charge in [-0.2, -0.15) is 0 Å². The second-order valence-electron chi connectivity index (χ2n) is 6.84. The normalized spacial score (nSPS) is 11.0. The van der Waals surface area contributed by atoms with Gasteiger partial charge in [-0.15, -0.1) is 0 Å². The number of anilines is 1. The molecule has 3 aromatic carbocycles. The van der Waals surface area contributed by atoms with E-state index in [-0.39, 0.29) is 12.5 Å². The van der Waals surface area contributed by atoms with Gasteiger partial charge in [0, 0.05) is 10.0 Å². The van der Waals surface area contributed by atoms with Crippen molar-refractivity contribution in [3.05, 3.63) is 86.9 Å². The Morgan fingerprint density at radius 1 is 1.03 bits per heavy atom. The lowest BCUT2D eigenvalue weighted by Gasteiger charge is -2.20. The van der Waals surface area contributed by atoms with E-state index in [1.807, 2.05) is 49.4 Å². The van der Waals surface area contributed by atoms with Crippen LogP contribution in [0.2, 0.25) is 15.1 Å². The minimum atomic E-state index is -0.238. The van der Waals surface area contributed by atoms with Crippen LogP contribution in [0.15, 0.2) is 60.7 Å². The molecule has 1 aromatic heterocycles. The summed E-state index contributed by atoms with van der Waals surface area (Å²) >= 11 is 19.8. The molecule has 31 heavy (non-hydrogen) atoms. The summed E-state index contributed by atoms with van der Waals surface area (Å²) in [5.74, 6) is 0.156. The molecule has 0 bridgehead atoms. The lowest BCUT2D eigenvalue weighted by atomic mass is 10.2. The van der Waals surface area contributed by atoms with Crippen LogP contribution in [0, 0.1) is 6.92 Å². The van der Waals surface area contributed by atoms with E-state index < -0.39 is 0 Å². The zero-order chi connectivity index (χ0) is 22.0. The summed E-state index contributed by atoms with van der Waals surface area (Å²) in [6, 6.07) is 18.4. The Morgan fingerprint density at radius 2 is 1.81 bits per heavy atom. The molecule has 4 nitrogen and oxygen atoms in total. The number of fused-ring (bicyclic) bond motifs is 1. The fourth-order valence-corrected chi connectivity index (χ4v) is 4.70. The van der Waals surface area contributed by atoms with Gasteiger partial charge < -0.3 is 4.74 Å². The minimum Gasteiger partial charge on any atom is -0.482 e. The van der Waals surface area contributed by atoms with Crippen LogP contribution in [0.3, 0.4) is 0 Å². The van der Waals surface area contributed by atoms with Gasteiger partial charge >= 0.3 is 0 Å². The number of halogens is 3. The average molecular weight is 492 g/mol. The van der Waals surface area contributed by atoms with Crippen molar-refractivity contribution in [3.8, 4) is 5.75 Å². The van der Waals surface area contributed by atoms with E-state index in [1.54, 1.807) is 23.1 Å². The third-order valence-corrected chi connectivity index (χ3v) is 6.68. The highest BCUT2D eigenvalue weighted by Gasteiger charge is 2.22. The Hall–Kier alpha value is -2.31. The lowest BCUT2D eigenvalue weighted by molar-refractivity contribution is -0.120. The van der Waals surface area contributed by atoms with E-state index in [0.29, 0.717) is 32.5 Å². The monoisotopic (exact) mass is 490 g/mol. The van der Waals surface area contributed by atoms with Gasteiger partial charge in [-0.05, 0) is 48.4 Å². The van der Waals surface area contributed by atoms with E-state index in [2.05, 4.69) is 0 Å². The zero-order valence-electron chi connectivity index (χ0n) is 16.4. The summed E-state index contributed by atoms with van der Waals surface area (Å²) < 4.78 is 6.65. The summed E-state index contributed by atoms with van der Waals surface area (Å²) in [5, 5.41) is 2.07. The largest absolute Gasteiger partial charge is 0.482 e. The summed E-state index contributed by atoms with van der Waals surface area (Å²) in [5.41, 5.74) is 2.66. The molecule has 0 saturated heterocycles. The lowest BCUT2D eigenvalue weighted by Crippen LogP contribution is -2.34. The Labute approximate surface area is 198 Å². The smallest absolute Gasteiger partial charge is 0.267 e. The van der Waals surface area contributed by atoms with Crippen molar-refractivity contribution in [3.63, 3.8) is 0 Å². The van der Waals surface area contributed by atoms with E-state index >= 15 is 0 Å². The van der Waals surface area contributed by atoms with Crippen LogP contribution in [-0.4, -0.2) is 17.5 Å². The van der Waals surface area contributed by atoms with Crippen LogP contribution in [0.25, 0.3) is 10.2 Å². The molecule has 8 heteroatoms. The van der Waals surface area contributed by atoms with Crippen molar-refractivity contribution in [2.75, 3.05) is 11.5 Å². The predicted octanol–water partition coefficient (Wildman–Crippen LogP) is 7.18. The minimum absolute atomic E-state index is 0.191. The van der Waals surface area contributed by atoms with Gasteiger partial charge in [0.1, 0.15) is 5.75 Å². The molecule has 0 N–H and O–H groups in total. The Balaban J connectivity index is 1.64. The molecule has 4 rings (SSSR count). The van der Waals surface area contributed by atoms with Crippen molar-refractivity contribution in [2.45, 2.75) is 13.5 Å². The summed E-state index contributed by atoms with van der Waals surface area (Å²) in [6.07, 6.45) is 0. The van der Waals surface area contributed by atoms with Crippen LogP contribution in [0.1, 0.15) is 11.1 Å². The first-order chi connectivity index (χ1) is 14.9. The van der Waals surface area contributed by atoms with Crippen LogP contribution >= 0.6 is 46.1 Å². The summed E-state index contributed by atoms with van der Waals surface area (Å²) in [7, 11) is 0. The highest BCUT2D eigenvalue weighted by molar-refractivity contribution is 7.22. The number of aromatic nitrogens is 1. The van der Waals surface area contributed by atoms with E-state index in [1.165, 1.54) is 11.3 Å². The highest BCUT2D eigenvalue weighted by atomic mass is 35.5. The average Bonchev–Trinajstić information content (AvgIpc) is 3.19. The van der Waals surface area contributed by atoms with Crippen molar-refractivity contribution in [1.82, 2.24) is 4.98 Å². The topological polar surface area (TPSA) is 42.4 Å². The fourth-order valence-electron chi connectivity index (χ4n) is 3.04. The predicted molar refractivity (Wildman–Crippen MR) is 129 cm³/mol. The second kappa shape index (κ2) is 9.45. The van der Waals surface area contributed by atoms with Gasteiger partial charge in [0.05, 0.1) is 21.8 Å². The van der Waals surface area contributed by atoms with Crippen molar-refractivity contribution < 1.29 is 9.53 Å². The molecule has 0 fully saturated rings. The molecule has 0 unspecified atom stereocenters. The first-order valence-corrected chi connectivity index (χ1v) is 11.3. The van der Waals surface area contributed by atoms with Gasteiger partial charge in [-0.25, -0.2) is 4.98 Å². The van der Waals surface area contributed by atoms with Crippen molar-refractivity contribution in [2.24, 2.45) is 0 Å². The highest BCUT2D eigenvalue weighted by Crippen LogP contribution is 2.34. The fraction of sp³-hybridized carbons (Fsp3) is 0.130. The molecule has 4 aromatic rings. The molecule has 0 spiro atoms. The molecular weight excluding hydrogens is 475 g/mol. The molecule has 0 saturated carbocycles. The molecule has 0 aliphatic heterocycles. The Kier molecular flexibility index (Phi) is 6.68. The van der Waals surface area contributed by atoms with Gasteiger partial charge in [0.25, 0.3) is 5.91 Å². The number of nitrogens with zero attached hydrogens (tertiary/aromatic N) is 2. The van der Waals surface area contributed by atoms with Crippen molar-refractivity contribution in [1.29, 1.82) is 0 Å². The number of carbonyl (C=O) groups is 1. The molecule has 0 radical (unpaired) electrons. The van der Waals surface area contributed by atoms with Crippen LogP contribution in [-0.2, 0) is 11.3 Å². The van der Waals surface area contributed by atoms with E-state index in [0.717, 1.165) is 21.3 Å². The number of hydrogen-bond donors (Lipinski definition) is 0. The number of thiazole rings is 1. The van der Waals surface area contributed by atoms with Gasteiger partial charge in [-0.1, -0.05) is 76.5 Å². The number of rotatable bonds is 6. The summed E-state index contributed by atoms with van der Waals surface area (Å²) in [4.78, 5) is 19.5. The van der Waals surface area contributed by atoms with Crippen LogP contribution in [0.5, 0.6) is 5.75 Å². The van der Waals surface area contributed by atoms with Gasteiger partial charge in [-0.3, -0.25) is 9.69 Å². The van der Waals surface area contributed by atoms with E-state index in [9.17, 15) is 4.79 Å². The molecule has 1 heterocycles. The molecule has 0 aliphatic carbocycles. The number of aryl methyl sites for hydroxylation is 1. The maximum atomic E-state index is 13.2. The molecular formula is C23H17Cl3N2O2S. The summed E-state index contributed by atoms with van der Waals surface area (Å²) in [6.45, 7) is 2.09. The van der Waals surface area contributed by atoms with Gasteiger partial charge in [0.2, 0.25) is 0 Å². The molecule has 0 atom stereocenters. The Bertz CT molecular complexity index is 1240. The zero-order valence-corrected chi connectivity index (χ0v) is 19.5. The SMILES string of the molecule is Cc1c(Cl)ccc2sc(N(Cc3ccccc3)C(=O)COc3ccc(Cl)cc3Cl)nc12. The van der Waals surface area contributed by atoms with E-state index in [4.69, 9.17) is 44.5 Å². The third-order valence-electron chi connectivity index (χ3n) is 4.70. The van der Waals surface area contributed by atoms with Crippen LogP contribution < -0.4 is 9.64 Å². The number of benzene rings is 3. The number of carbonyl (C=O) groups excluding carboxylic acids is 1. The maximum Gasteiger partial charge on any atom is 0.267 e. The maximum absolute atomic E-state index is 13.2. The van der Waals surface area contributed by atoms with Gasteiger partial charge in [0.15, 0.2) is 11.7 Å². The quantitative estimate of drug-likeness (QED) is 0.287. The second-order valence-corrected chi connectivity index (χ2v) is 9.10. The Morgan fingerprint density at radius 3 is 2.55 bits per heavy atom. The third kappa shape index (κ3) is 4.96. The molecule has 0 aliphatic rings. The van der Waals surface area contributed by atoms with Crippen molar-refractivity contribution >= 4 is 67.4 Å². The number of hydrogen-bond acceptors (Lipinski definition) is 4. The first kappa shape index (κ1) is 21.9. The number of ether oxygens (including phenoxy) is 1.